The van der Waals surface area contributed by atoms with E-state index in [2.05, 4.69) is 25.2 Å². The third-order valence-electron chi connectivity index (χ3n) is 8.93. The van der Waals surface area contributed by atoms with Crippen molar-refractivity contribution in [3.63, 3.8) is 0 Å². The summed E-state index contributed by atoms with van der Waals surface area (Å²) in [5, 5.41) is 8.32. The highest BCUT2D eigenvalue weighted by atomic mass is 19.1. The molecule has 5 heterocycles. The van der Waals surface area contributed by atoms with Crippen molar-refractivity contribution < 1.29 is 18.7 Å². The van der Waals surface area contributed by atoms with Crippen LogP contribution < -0.4 is 9.64 Å². The maximum absolute atomic E-state index is 16.6. The molecule has 0 atom stereocenters. The number of hydrogen-bond acceptors (Lipinski definition) is 7. The number of ether oxygens (including phenoxy) is 1. The number of pyridine rings is 1. The van der Waals surface area contributed by atoms with Crippen molar-refractivity contribution in [1.29, 1.82) is 0 Å². The Kier molecular flexibility index (Phi) is 8.38. The standard InChI is InChI=1S/C35H35FN8O3/c1-47-31-9-3-2-8-26(31)28-20-27(24-6-5-13-43(23-24)32(45)10-14-44-15-12-38-40-44)33(36)34-29(28)21-30(39-34)35(46)42-18-16-41(17-19-42)25-7-4-11-37-22-25/h2-4,6-9,11-12,15,20-22,39H,5,10,13-14,16-19,23H2,1H3. The molecule has 2 aliphatic heterocycles. The summed E-state index contributed by atoms with van der Waals surface area (Å²) in [5.74, 6) is -0.0364. The van der Waals surface area contributed by atoms with Crippen LogP contribution in [0.5, 0.6) is 5.75 Å². The van der Waals surface area contributed by atoms with Crippen molar-refractivity contribution in [1.82, 2.24) is 34.8 Å². The molecule has 0 spiro atoms. The van der Waals surface area contributed by atoms with Crippen LogP contribution in [0.15, 0.2) is 79.4 Å². The number of fused-ring (bicyclic) bond motifs is 1. The number of carbonyl (C=O) groups excluding carboxylic acids is 2. The number of hydrogen-bond donors (Lipinski definition) is 1. The van der Waals surface area contributed by atoms with E-state index in [1.165, 1.54) is 0 Å². The lowest BCUT2D eigenvalue weighted by Crippen LogP contribution is -2.48. The molecule has 3 aromatic heterocycles. The van der Waals surface area contributed by atoms with Gasteiger partial charge >= 0.3 is 0 Å². The molecule has 0 unspecified atom stereocenters. The van der Waals surface area contributed by atoms with E-state index in [4.69, 9.17) is 4.74 Å². The highest BCUT2D eigenvalue weighted by molar-refractivity contribution is 6.05. The number of amides is 2. The lowest BCUT2D eigenvalue weighted by molar-refractivity contribution is -0.131. The van der Waals surface area contributed by atoms with Gasteiger partial charge in [0.15, 0.2) is 5.82 Å². The highest BCUT2D eigenvalue weighted by Gasteiger charge is 2.28. The molecule has 11 nitrogen and oxygen atoms in total. The van der Waals surface area contributed by atoms with E-state index >= 15 is 4.39 Å². The van der Waals surface area contributed by atoms with Crippen molar-refractivity contribution in [2.45, 2.75) is 19.4 Å². The number of methoxy groups -OCH3 is 1. The van der Waals surface area contributed by atoms with Gasteiger partial charge in [-0.05, 0) is 47.9 Å². The van der Waals surface area contributed by atoms with Gasteiger partial charge in [-0.25, -0.2) is 4.39 Å². The van der Waals surface area contributed by atoms with Gasteiger partial charge in [0.1, 0.15) is 11.4 Å². The fraction of sp³-hybridized carbons (Fsp3) is 0.286. The summed E-state index contributed by atoms with van der Waals surface area (Å²) in [4.78, 5) is 40.1. The molecule has 7 rings (SSSR count). The Labute approximate surface area is 271 Å². The number of rotatable bonds is 8. The van der Waals surface area contributed by atoms with E-state index in [0.29, 0.717) is 68.1 Å². The normalized spacial score (nSPS) is 15.2. The molecule has 0 bridgehead atoms. The summed E-state index contributed by atoms with van der Waals surface area (Å²) in [6, 6.07) is 15.1. The van der Waals surface area contributed by atoms with Gasteiger partial charge in [0.05, 0.1) is 37.3 Å². The number of halogens is 1. The Hall–Kier alpha value is -5.52. The van der Waals surface area contributed by atoms with Crippen LogP contribution in [0.2, 0.25) is 0 Å². The second-order valence-electron chi connectivity index (χ2n) is 11.7. The summed E-state index contributed by atoms with van der Waals surface area (Å²) in [5.41, 5.74) is 4.21. The van der Waals surface area contributed by atoms with Gasteiger partial charge in [-0.3, -0.25) is 19.3 Å². The molecule has 0 saturated carbocycles. The SMILES string of the molecule is COc1ccccc1-c1cc(C2=CCCN(C(=O)CCn3ccnn3)C2)c(F)c2[nH]c(C(=O)N3CCN(c4cccnc4)CC3)cc12. The van der Waals surface area contributed by atoms with Gasteiger partial charge in [-0.15, -0.1) is 5.10 Å². The zero-order valence-electron chi connectivity index (χ0n) is 26.1. The van der Waals surface area contributed by atoms with Crippen LogP contribution in [0.4, 0.5) is 10.1 Å². The maximum atomic E-state index is 16.6. The van der Waals surface area contributed by atoms with Crippen LogP contribution in [0.3, 0.4) is 0 Å². The van der Waals surface area contributed by atoms with E-state index in [1.807, 2.05) is 54.7 Å². The smallest absolute Gasteiger partial charge is 0.270 e. The van der Waals surface area contributed by atoms with Crippen molar-refractivity contribution in [3.8, 4) is 16.9 Å². The molecule has 1 saturated heterocycles. The first-order valence-corrected chi connectivity index (χ1v) is 15.7. The van der Waals surface area contributed by atoms with E-state index in [9.17, 15) is 9.59 Å². The predicted molar refractivity (Wildman–Crippen MR) is 176 cm³/mol. The summed E-state index contributed by atoms with van der Waals surface area (Å²) < 4.78 is 23.9. The van der Waals surface area contributed by atoms with Crippen molar-refractivity contribution in [3.05, 3.63) is 96.5 Å². The first-order chi connectivity index (χ1) is 23.0. The lowest BCUT2D eigenvalue weighted by atomic mass is 9.93. The quantitative estimate of drug-likeness (QED) is 0.265. The second kappa shape index (κ2) is 13.1. The molecule has 0 radical (unpaired) electrons. The molecule has 240 valence electrons. The lowest BCUT2D eigenvalue weighted by Gasteiger charge is -2.35. The number of piperazine rings is 1. The maximum Gasteiger partial charge on any atom is 0.270 e. The number of aromatic amines is 1. The topological polar surface area (TPSA) is 112 Å². The Balaban J connectivity index is 1.20. The molecule has 5 aromatic rings. The van der Waals surface area contributed by atoms with Gasteiger partial charge in [0.2, 0.25) is 5.91 Å². The van der Waals surface area contributed by atoms with Crippen LogP contribution in [-0.4, -0.2) is 93.0 Å². The summed E-state index contributed by atoms with van der Waals surface area (Å²) in [6.07, 6.45) is 9.73. The number of aromatic nitrogens is 5. The molecular weight excluding hydrogens is 599 g/mol. The number of nitrogens with one attached hydrogen (secondary N) is 1. The minimum atomic E-state index is -0.456. The minimum absolute atomic E-state index is 0.0334. The van der Waals surface area contributed by atoms with Crippen molar-refractivity contribution >= 4 is 34.0 Å². The molecule has 0 aliphatic carbocycles. The van der Waals surface area contributed by atoms with Crippen LogP contribution >= 0.6 is 0 Å². The number of H-pyrrole nitrogens is 1. The summed E-state index contributed by atoms with van der Waals surface area (Å²) >= 11 is 0. The van der Waals surface area contributed by atoms with E-state index in [-0.39, 0.29) is 30.3 Å². The molecule has 2 amide bonds. The minimum Gasteiger partial charge on any atom is -0.496 e. The van der Waals surface area contributed by atoms with Gasteiger partial charge in [-0.1, -0.05) is 29.5 Å². The fourth-order valence-corrected chi connectivity index (χ4v) is 6.45. The van der Waals surface area contributed by atoms with Gasteiger partial charge < -0.3 is 24.4 Å². The van der Waals surface area contributed by atoms with Gasteiger partial charge in [0.25, 0.3) is 5.91 Å². The van der Waals surface area contributed by atoms with Crippen LogP contribution in [0.1, 0.15) is 28.9 Å². The Morgan fingerprint density at radius 1 is 0.957 bits per heavy atom. The zero-order valence-corrected chi connectivity index (χ0v) is 26.1. The summed E-state index contributed by atoms with van der Waals surface area (Å²) in [7, 11) is 1.60. The van der Waals surface area contributed by atoms with Crippen LogP contribution in [0.25, 0.3) is 27.6 Å². The largest absolute Gasteiger partial charge is 0.496 e. The predicted octanol–water partition coefficient (Wildman–Crippen LogP) is 4.64. The van der Waals surface area contributed by atoms with E-state index < -0.39 is 5.82 Å². The average molecular weight is 635 g/mol. The zero-order chi connectivity index (χ0) is 32.3. The fourth-order valence-electron chi connectivity index (χ4n) is 6.45. The second-order valence-corrected chi connectivity index (χ2v) is 11.7. The average Bonchev–Trinajstić information content (AvgIpc) is 3.82. The molecule has 2 aromatic carbocycles. The molecule has 47 heavy (non-hydrogen) atoms. The molecule has 2 aliphatic rings. The third-order valence-corrected chi connectivity index (χ3v) is 8.93. The molecular formula is C35H35FN8O3. The molecule has 1 N–H and O–H groups in total. The Bertz CT molecular complexity index is 1930. The Morgan fingerprint density at radius 2 is 1.81 bits per heavy atom. The molecule has 1 fully saturated rings. The summed E-state index contributed by atoms with van der Waals surface area (Å²) in [6.45, 7) is 3.66. The van der Waals surface area contributed by atoms with Crippen LogP contribution in [0, 0.1) is 5.82 Å². The first-order valence-electron chi connectivity index (χ1n) is 15.7. The monoisotopic (exact) mass is 634 g/mol. The Morgan fingerprint density at radius 3 is 2.57 bits per heavy atom. The first kappa shape index (κ1) is 30.2. The number of benzene rings is 2. The van der Waals surface area contributed by atoms with E-state index in [0.717, 1.165) is 22.4 Å². The van der Waals surface area contributed by atoms with Crippen LogP contribution in [-0.2, 0) is 11.3 Å². The number of carbonyl (C=O) groups is 2. The third kappa shape index (κ3) is 6.06. The number of para-hydroxylation sites is 1. The molecule has 12 heteroatoms. The van der Waals surface area contributed by atoms with Gasteiger partial charge in [-0.2, -0.15) is 0 Å². The number of aryl methyl sites for hydroxylation is 1. The number of nitrogens with zero attached hydrogens (tertiary/aromatic N) is 7. The number of anilines is 1. The van der Waals surface area contributed by atoms with Crippen molar-refractivity contribution in [2.75, 3.05) is 51.3 Å². The highest BCUT2D eigenvalue weighted by Crippen LogP contribution is 2.40. The van der Waals surface area contributed by atoms with Gasteiger partial charge in [0, 0.05) is 74.6 Å². The van der Waals surface area contributed by atoms with E-state index in [1.54, 1.807) is 46.2 Å². The van der Waals surface area contributed by atoms with Crippen molar-refractivity contribution in [2.24, 2.45) is 0 Å².